The smallest absolute Gasteiger partial charge is 0.0254 e. The molecule has 2 unspecified atom stereocenters. The van der Waals surface area contributed by atoms with Crippen LogP contribution in [0.1, 0.15) is 34.1 Å². The van der Waals surface area contributed by atoms with E-state index in [0.717, 1.165) is 25.0 Å². The standard InChI is InChI=1S/C15H33N3/c1-7-8-16-11-15(3,4)12-18-9-13(2)14(10-18)17(5)6/h13-14,16H,7-12H2,1-6H3. The van der Waals surface area contributed by atoms with Crippen molar-refractivity contribution in [1.82, 2.24) is 15.1 Å². The third kappa shape index (κ3) is 4.87. The van der Waals surface area contributed by atoms with E-state index in [1.807, 2.05) is 0 Å². The minimum absolute atomic E-state index is 0.371. The van der Waals surface area contributed by atoms with Crippen LogP contribution in [0.15, 0.2) is 0 Å². The lowest BCUT2D eigenvalue weighted by Crippen LogP contribution is -2.41. The largest absolute Gasteiger partial charge is 0.316 e. The summed E-state index contributed by atoms with van der Waals surface area (Å²) in [5, 5.41) is 3.56. The van der Waals surface area contributed by atoms with Crippen LogP contribution in [0.2, 0.25) is 0 Å². The molecular formula is C15H33N3. The monoisotopic (exact) mass is 255 g/mol. The summed E-state index contributed by atoms with van der Waals surface area (Å²) in [4.78, 5) is 5.02. The predicted octanol–water partition coefficient (Wildman–Crippen LogP) is 1.89. The van der Waals surface area contributed by atoms with Crippen molar-refractivity contribution in [3.63, 3.8) is 0 Å². The third-order valence-corrected chi connectivity index (χ3v) is 3.99. The van der Waals surface area contributed by atoms with Gasteiger partial charge in [0.1, 0.15) is 0 Å². The zero-order chi connectivity index (χ0) is 13.8. The number of hydrogen-bond donors (Lipinski definition) is 1. The van der Waals surface area contributed by atoms with Gasteiger partial charge in [-0.1, -0.05) is 27.7 Å². The Bertz CT molecular complexity index is 238. The summed E-state index contributed by atoms with van der Waals surface area (Å²) in [7, 11) is 4.41. The SMILES string of the molecule is CCCNCC(C)(C)CN1CC(C)C(N(C)C)C1. The van der Waals surface area contributed by atoms with Crippen LogP contribution in [0, 0.1) is 11.3 Å². The molecule has 1 rings (SSSR count). The molecule has 108 valence electrons. The Labute approximate surface area is 114 Å². The Morgan fingerprint density at radius 3 is 2.44 bits per heavy atom. The predicted molar refractivity (Wildman–Crippen MR) is 80.0 cm³/mol. The van der Waals surface area contributed by atoms with Gasteiger partial charge in [-0.3, -0.25) is 0 Å². The molecule has 1 heterocycles. The van der Waals surface area contributed by atoms with Crippen molar-refractivity contribution in [3.05, 3.63) is 0 Å². The zero-order valence-corrected chi connectivity index (χ0v) is 13.3. The van der Waals surface area contributed by atoms with Crippen LogP contribution in [-0.2, 0) is 0 Å². The lowest BCUT2D eigenvalue weighted by Gasteiger charge is -2.31. The van der Waals surface area contributed by atoms with Crippen LogP contribution in [0.25, 0.3) is 0 Å². The molecule has 0 bridgehead atoms. The first-order valence-electron chi connectivity index (χ1n) is 7.45. The van der Waals surface area contributed by atoms with E-state index in [1.54, 1.807) is 0 Å². The van der Waals surface area contributed by atoms with Crippen LogP contribution in [0.4, 0.5) is 0 Å². The number of nitrogens with zero attached hydrogens (tertiary/aromatic N) is 2. The van der Waals surface area contributed by atoms with Gasteiger partial charge in [0.15, 0.2) is 0 Å². The molecule has 0 aromatic carbocycles. The molecule has 3 heteroatoms. The Morgan fingerprint density at radius 2 is 1.94 bits per heavy atom. The lowest BCUT2D eigenvalue weighted by molar-refractivity contribution is 0.190. The summed E-state index contributed by atoms with van der Waals surface area (Å²) in [5.74, 6) is 0.791. The Morgan fingerprint density at radius 1 is 1.28 bits per heavy atom. The van der Waals surface area contributed by atoms with Gasteiger partial charge in [0.25, 0.3) is 0 Å². The Kier molecular flexibility index (Phi) is 6.09. The second-order valence-electron chi connectivity index (χ2n) is 7.04. The van der Waals surface area contributed by atoms with E-state index in [9.17, 15) is 0 Å². The normalized spacial score (nSPS) is 26.2. The molecule has 3 nitrogen and oxygen atoms in total. The summed E-state index contributed by atoms with van der Waals surface area (Å²) in [6.45, 7) is 15.3. The van der Waals surface area contributed by atoms with Crippen molar-refractivity contribution < 1.29 is 0 Å². The van der Waals surface area contributed by atoms with Crippen molar-refractivity contribution >= 4 is 0 Å². The van der Waals surface area contributed by atoms with Gasteiger partial charge in [-0.05, 0) is 38.4 Å². The van der Waals surface area contributed by atoms with Gasteiger partial charge in [0.2, 0.25) is 0 Å². The molecule has 18 heavy (non-hydrogen) atoms. The van der Waals surface area contributed by atoms with E-state index in [0.29, 0.717) is 5.41 Å². The van der Waals surface area contributed by atoms with Crippen LogP contribution >= 0.6 is 0 Å². The average molecular weight is 255 g/mol. The van der Waals surface area contributed by atoms with Crippen LogP contribution in [0.3, 0.4) is 0 Å². The fraction of sp³-hybridized carbons (Fsp3) is 1.00. The maximum absolute atomic E-state index is 3.56. The summed E-state index contributed by atoms with van der Waals surface area (Å²) in [6, 6.07) is 0.726. The molecule has 1 aliphatic rings. The van der Waals surface area contributed by atoms with Crippen molar-refractivity contribution in [1.29, 1.82) is 0 Å². The van der Waals surface area contributed by atoms with Gasteiger partial charge in [-0.2, -0.15) is 0 Å². The van der Waals surface area contributed by atoms with Crippen molar-refractivity contribution in [2.24, 2.45) is 11.3 Å². The van der Waals surface area contributed by atoms with Crippen LogP contribution in [0.5, 0.6) is 0 Å². The van der Waals surface area contributed by atoms with Crippen molar-refractivity contribution in [2.75, 3.05) is 46.8 Å². The molecule has 0 spiro atoms. The van der Waals surface area contributed by atoms with Gasteiger partial charge in [0, 0.05) is 32.2 Å². The van der Waals surface area contributed by atoms with E-state index in [-0.39, 0.29) is 0 Å². The molecule has 0 amide bonds. The molecular weight excluding hydrogens is 222 g/mol. The average Bonchev–Trinajstić information content (AvgIpc) is 2.58. The maximum Gasteiger partial charge on any atom is 0.0254 e. The second-order valence-corrected chi connectivity index (χ2v) is 7.04. The first-order chi connectivity index (χ1) is 8.35. The molecule has 0 aliphatic carbocycles. The zero-order valence-electron chi connectivity index (χ0n) is 13.3. The highest BCUT2D eigenvalue weighted by molar-refractivity contribution is 4.89. The highest BCUT2D eigenvalue weighted by atomic mass is 15.2. The van der Waals surface area contributed by atoms with Gasteiger partial charge in [0.05, 0.1) is 0 Å². The van der Waals surface area contributed by atoms with E-state index in [2.05, 4.69) is 56.9 Å². The Hall–Kier alpha value is -0.120. The molecule has 0 aromatic rings. The molecule has 1 fully saturated rings. The van der Waals surface area contributed by atoms with Gasteiger partial charge >= 0.3 is 0 Å². The lowest BCUT2D eigenvalue weighted by atomic mass is 9.92. The van der Waals surface area contributed by atoms with Gasteiger partial charge < -0.3 is 15.1 Å². The molecule has 0 aromatic heterocycles. The summed E-state index contributed by atoms with van der Waals surface area (Å²) in [6.07, 6.45) is 1.22. The van der Waals surface area contributed by atoms with Crippen LogP contribution in [-0.4, -0.2) is 62.7 Å². The van der Waals surface area contributed by atoms with Crippen LogP contribution < -0.4 is 5.32 Å². The molecule has 1 N–H and O–H groups in total. The molecule has 0 radical (unpaired) electrons. The fourth-order valence-corrected chi connectivity index (χ4v) is 3.11. The molecule has 0 saturated carbocycles. The fourth-order valence-electron chi connectivity index (χ4n) is 3.11. The first-order valence-corrected chi connectivity index (χ1v) is 7.45. The van der Waals surface area contributed by atoms with E-state index in [1.165, 1.54) is 26.1 Å². The topological polar surface area (TPSA) is 18.5 Å². The highest BCUT2D eigenvalue weighted by Crippen LogP contribution is 2.24. The molecule has 1 saturated heterocycles. The van der Waals surface area contributed by atoms with E-state index in [4.69, 9.17) is 0 Å². The van der Waals surface area contributed by atoms with Crippen molar-refractivity contribution in [2.45, 2.75) is 40.2 Å². The van der Waals surface area contributed by atoms with Gasteiger partial charge in [-0.15, -0.1) is 0 Å². The van der Waals surface area contributed by atoms with E-state index >= 15 is 0 Å². The number of hydrogen-bond acceptors (Lipinski definition) is 3. The third-order valence-electron chi connectivity index (χ3n) is 3.99. The number of rotatable bonds is 7. The number of likely N-dealkylation sites (N-methyl/N-ethyl adjacent to an activating group) is 1. The summed E-state index contributed by atoms with van der Waals surface area (Å²) < 4.78 is 0. The summed E-state index contributed by atoms with van der Waals surface area (Å²) in [5.41, 5.74) is 0.371. The van der Waals surface area contributed by atoms with E-state index < -0.39 is 0 Å². The minimum Gasteiger partial charge on any atom is -0.316 e. The van der Waals surface area contributed by atoms with Crippen molar-refractivity contribution in [3.8, 4) is 0 Å². The molecule has 2 atom stereocenters. The summed E-state index contributed by atoms with van der Waals surface area (Å²) >= 11 is 0. The quantitative estimate of drug-likeness (QED) is 0.701. The minimum atomic E-state index is 0.371. The first kappa shape index (κ1) is 15.9. The number of likely N-dealkylation sites (tertiary alicyclic amines) is 1. The second kappa shape index (κ2) is 6.88. The van der Waals surface area contributed by atoms with Gasteiger partial charge in [-0.25, -0.2) is 0 Å². The Balaban J connectivity index is 2.38. The number of nitrogens with one attached hydrogen (secondary N) is 1. The highest BCUT2D eigenvalue weighted by Gasteiger charge is 2.33. The molecule has 1 aliphatic heterocycles. The maximum atomic E-state index is 3.56.